The van der Waals surface area contributed by atoms with E-state index in [1.165, 1.54) is 0 Å². The molecule has 4 heteroatoms. The van der Waals surface area contributed by atoms with Crippen LogP contribution in [0.3, 0.4) is 0 Å². The molecule has 74 valence electrons. The second-order valence-electron chi connectivity index (χ2n) is 2.95. The van der Waals surface area contributed by atoms with E-state index < -0.39 is 14.5 Å². The number of aliphatic hydroxyl groups is 1. The van der Waals surface area contributed by atoms with E-state index in [9.17, 15) is 5.11 Å². The molecule has 0 radical (unpaired) electrons. The summed E-state index contributed by atoms with van der Waals surface area (Å²) < 4.78 is 10.8. The summed E-state index contributed by atoms with van der Waals surface area (Å²) >= 11 is 0. The summed E-state index contributed by atoms with van der Waals surface area (Å²) in [5, 5.41) is 9.11. The summed E-state index contributed by atoms with van der Waals surface area (Å²) in [4.78, 5) is 0. The van der Waals surface area contributed by atoms with Crippen LogP contribution in [-0.4, -0.2) is 32.8 Å². The molecular formula is C8H20O3Si. The maximum Gasteiger partial charge on any atom is 0.354 e. The first-order chi connectivity index (χ1) is 5.58. The number of rotatable bonds is 6. The van der Waals surface area contributed by atoms with Crippen LogP contribution in [-0.2, 0) is 8.85 Å². The maximum atomic E-state index is 9.86. The lowest BCUT2D eigenvalue weighted by Crippen LogP contribution is -2.47. The van der Waals surface area contributed by atoms with Crippen LogP contribution in [0, 0.1) is 0 Å². The van der Waals surface area contributed by atoms with Crippen molar-refractivity contribution in [3.05, 3.63) is 0 Å². The van der Waals surface area contributed by atoms with Crippen LogP contribution in [0.25, 0.3) is 0 Å². The largest absolute Gasteiger partial charge is 0.395 e. The Bertz CT molecular complexity index is 111. The minimum atomic E-state index is -1.89. The van der Waals surface area contributed by atoms with Gasteiger partial charge in [-0.25, -0.2) is 0 Å². The van der Waals surface area contributed by atoms with Crippen molar-refractivity contribution in [3.8, 4) is 0 Å². The van der Waals surface area contributed by atoms with Crippen molar-refractivity contribution < 1.29 is 14.0 Å². The van der Waals surface area contributed by atoms with Crippen molar-refractivity contribution in [2.75, 3.05) is 13.2 Å². The van der Waals surface area contributed by atoms with Crippen molar-refractivity contribution >= 4 is 9.28 Å². The molecule has 0 aliphatic heterocycles. The van der Waals surface area contributed by atoms with E-state index in [-0.39, 0.29) is 0 Å². The SMILES string of the molecule is CCO[SiH](OCC)C(C)(O)CC. The fourth-order valence-corrected chi connectivity index (χ4v) is 2.63. The average Bonchev–Trinajstić information content (AvgIpc) is 2.04. The van der Waals surface area contributed by atoms with Crippen LogP contribution in [0.4, 0.5) is 0 Å². The van der Waals surface area contributed by atoms with Gasteiger partial charge in [-0.15, -0.1) is 0 Å². The first-order valence-corrected chi connectivity index (χ1v) is 6.06. The molecule has 0 aromatic rings. The predicted molar refractivity (Wildman–Crippen MR) is 51.3 cm³/mol. The summed E-state index contributed by atoms with van der Waals surface area (Å²) in [7, 11) is -1.89. The molecule has 3 nitrogen and oxygen atoms in total. The van der Waals surface area contributed by atoms with Crippen LogP contribution >= 0.6 is 0 Å². The Hall–Kier alpha value is 0.0969. The number of hydrogen-bond donors (Lipinski definition) is 1. The molecule has 0 spiro atoms. The van der Waals surface area contributed by atoms with E-state index in [2.05, 4.69) is 0 Å². The molecule has 0 heterocycles. The molecular weight excluding hydrogens is 172 g/mol. The molecule has 1 unspecified atom stereocenters. The van der Waals surface area contributed by atoms with E-state index in [4.69, 9.17) is 8.85 Å². The van der Waals surface area contributed by atoms with Crippen LogP contribution in [0.5, 0.6) is 0 Å². The van der Waals surface area contributed by atoms with Gasteiger partial charge < -0.3 is 14.0 Å². The van der Waals surface area contributed by atoms with E-state index in [0.29, 0.717) is 19.6 Å². The molecule has 1 atom stereocenters. The van der Waals surface area contributed by atoms with E-state index in [1.807, 2.05) is 20.8 Å². The molecule has 0 aromatic carbocycles. The van der Waals surface area contributed by atoms with Crippen molar-refractivity contribution in [2.24, 2.45) is 0 Å². The van der Waals surface area contributed by atoms with Crippen LogP contribution in [0.1, 0.15) is 34.1 Å². The Balaban J connectivity index is 4.07. The van der Waals surface area contributed by atoms with Gasteiger partial charge in [-0.2, -0.15) is 0 Å². The molecule has 0 fully saturated rings. The Labute approximate surface area is 76.5 Å². The third kappa shape index (κ3) is 3.67. The lowest BCUT2D eigenvalue weighted by Gasteiger charge is -2.28. The zero-order valence-corrected chi connectivity index (χ0v) is 9.62. The van der Waals surface area contributed by atoms with Crippen molar-refractivity contribution in [1.82, 2.24) is 0 Å². The Kier molecular flexibility index (Phi) is 5.74. The Morgan fingerprint density at radius 3 is 1.83 bits per heavy atom. The number of hydrogen-bond acceptors (Lipinski definition) is 3. The van der Waals surface area contributed by atoms with Crippen molar-refractivity contribution in [1.29, 1.82) is 0 Å². The normalized spacial score (nSPS) is 16.5. The van der Waals surface area contributed by atoms with E-state index in [0.717, 1.165) is 0 Å². The maximum absolute atomic E-state index is 9.86. The molecule has 12 heavy (non-hydrogen) atoms. The summed E-state index contributed by atoms with van der Waals surface area (Å²) in [6.07, 6.45) is 0.684. The molecule has 0 aromatic heterocycles. The van der Waals surface area contributed by atoms with Gasteiger partial charge in [0.2, 0.25) is 0 Å². The molecule has 0 aliphatic carbocycles. The molecule has 0 bridgehead atoms. The van der Waals surface area contributed by atoms with Gasteiger partial charge >= 0.3 is 9.28 Å². The highest BCUT2D eigenvalue weighted by atomic mass is 28.3. The van der Waals surface area contributed by atoms with Gasteiger partial charge in [0.25, 0.3) is 0 Å². The quantitative estimate of drug-likeness (QED) is 0.638. The van der Waals surface area contributed by atoms with Gasteiger partial charge in [-0.3, -0.25) is 0 Å². The standard InChI is InChI=1S/C8H20O3Si/c1-5-8(4,9)12(10-6-2)11-7-3/h9,12H,5-7H2,1-4H3. The van der Waals surface area contributed by atoms with Gasteiger partial charge in [0, 0.05) is 13.2 Å². The molecule has 0 saturated heterocycles. The molecule has 0 saturated carbocycles. The summed E-state index contributed by atoms with van der Waals surface area (Å²) in [5.74, 6) is 0. The predicted octanol–water partition coefficient (Wildman–Crippen LogP) is 0.980. The molecule has 0 rings (SSSR count). The van der Waals surface area contributed by atoms with E-state index >= 15 is 0 Å². The van der Waals surface area contributed by atoms with Crippen molar-refractivity contribution in [2.45, 2.75) is 39.3 Å². The van der Waals surface area contributed by atoms with Crippen molar-refractivity contribution in [3.63, 3.8) is 0 Å². The third-order valence-corrected chi connectivity index (χ3v) is 4.56. The Morgan fingerprint density at radius 1 is 1.17 bits per heavy atom. The van der Waals surface area contributed by atoms with E-state index in [1.54, 1.807) is 6.92 Å². The Morgan fingerprint density at radius 2 is 1.58 bits per heavy atom. The lowest BCUT2D eigenvalue weighted by atomic mass is 10.3. The topological polar surface area (TPSA) is 38.7 Å². The second kappa shape index (κ2) is 5.69. The van der Waals surface area contributed by atoms with Crippen LogP contribution in [0.2, 0.25) is 0 Å². The average molecular weight is 192 g/mol. The van der Waals surface area contributed by atoms with Gasteiger partial charge in [-0.05, 0) is 27.2 Å². The van der Waals surface area contributed by atoms with Crippen LogP contribution < -0.4 is 0 Å². The first kappa shape index (κ1) is 12.1. The van der Waals surface area contributed by atoms with Crippen LogP contribution in [0.15, 0.2) is 0 Å². The minimum Gasteiger partial charge on any atom is -0.395 e. The summed E-state index contributed by atoms with van der Waals surface area (Å²) in [6, 6.07) is 0. The zero-order valence-electron chi connectivity index (χ0n) is 8.46. The second-order valence-corrected chi connectivity index (χ2v) is 5.53. The smallest absolute Gasteiger partial charge is 0.354 e. The summed E-state index contributed by atoms with van der Waals surface area (Å²) in [6.45, 7) is 8.81. The van der Waals surface area contributed by atoms with Gasteiger partial charge in [0.15, 0.2) is 0 Å². The zero-order chi connectivity index (χ0) is 9.61. The third-order valence-electron chi connectivity index (χ3n) is 1.86. The van der Waals surface area contributed by atoms with Gasteiger partial charge in [0.1, 0.15) is 5.22 Å². The molecule has 0 amide bonds. The highest BCUT2D eigenvalue weighted by Gasteiger charge is 2.34. The highest BCUT2D eigenvalue weighted by Crippen LogP contribution is 2.14. The molecule has 1 N–H and O–H groups in total. The highest BCUT2D eigenvalue weighted by molar-refractivity contribution is 6.48. The summed E-state index contributed by atoms with van der Waals surface area (Å²) in [5.41, 5.74) is 0. The first-order valence-electron chi connectivity index (χ1n) is 4.54. The lowest BCUT2D eigenvalue weighted by molar-refractivity contribution is 0.0656. The molecule has 0 aliphatic rings. The fraction of sp³-hybridized carbons (Fsp3) is 1.00. The van der Waals surface area contributed by atoms with Gasteiger partial charge in [-0.1, -0.05) is 6.92 Å². The van der Waals surface area contributed by atoms with Gasteiger partial charge in [0.05, 0.1) is 0 Å². The monoisotopic (exact) mass is 192 g/mol. The fourth-order valence-electron chi connectivity index (χ4n) is 0.877. The minimum absolute atomic E-state index is 0.618.